The number of carbonyl (C=O) groups excluding carboxylic acids is 2. The fourth-order valence-corrected chi connectivity index (χ4v) is 4.91. The molecule has 1 aromatic carbocycles. The Hall–Kier alpha value is -1.31. The van der Waals surface area contributed by atoms with Crippen LogP contribution in [0.15, 0.2) is 23.1 Å². The highest BCUT2D eigenvalue weighted by atomic mass is 32.8. The van der Waals surface area contributed by atoms with E-state index in [2.05, 4.69) is 12.2 Å². The maximum Gasteiger partial charge on any atom is 0.296 e. The molecule has 2 aliphatic heterocycles. The normalized spacial score (nSPS) is 22.7. The van der Waals surface area contributed by atoms with Crippen molar-refractivity contribution < 1.29 is 13.8 Å². The number of carbonyl (C=O) groups is 2. The Bertz CT molecular complexity index is 720. The Labute approximate surface area is 128 Å². The van der Waals surface area contributed by atoms with Gasteiger partial charge in [-0.25, -0.2) is 8.51 Å². The van der Waals surface area contributed by atoms with Crippen molar-refractivity contribution in [3.8, 4) is 0 Å². The van der Waals surface area contributed by atoms with Crippen LogP contribution in [0.1, 0.15) is 30.1 Å². The van der Waals surface area contributed by atoms with Crippen molar-refractivity contribution in [2.75, 3.05) is 18.4 Å². The lowest BCUT2D eigenvalue weighted by atomic mass is 10.0. The molecule has 1 aromatic rings. The highest BCUT2D eigenvalue weighted by Gasteiger charge is 2.31. The number of nitrogens with zero attached hydrogens (tertiary/aromatic N) is 1. The van der Waals surface area contributed by atoms with Crippen molar-refractivity contribution in [3.63, 3.8) is 0 Å². The molecule has 7 heteroatoms. The van der Waals surface area contributed by atoms with Crippen LogP contribution < -0.4 is 5.32 Å². The molecule has 1 amide bonds. The molecule has 2 heterocycles. The fraction of sp³-hybridized carbons (Fsp3) is 0.429. The van der Waals surface area contributed by atoms with Gasteiger partial charge in [-0.3, -0.25) is 9.59 Å². The zero-order chi connectivity index (χ0) is 15.2. The lowest BCUT2D eigenvalue weighted by Crippen LogP contribution is -2.37. The maximum absolute atomic E-state index is 13.0. The molecule has 1 atom stereocenters. The molecule has 0 aliphatic carbocycles. The topological polar surface area (TPSA) is 66.5 Å². The van der Waals surface area contributed by atoms with Crippen molar-refractivity contribution in [3.05, 3.63) is 23.8 Å². The first-order valence-electron chi connectivity index (χ1n) is 6.89. The van der Waals surface area contributed by atoms with Crippen LogP contribution in [-0.4, -0.2) is 33.3 Å². The van der Waals surface area contributed by atoms with Gasteiger partial charge in [-0.1, -0.05) is 6.92 Å². The van der Waals surface area contributed by atoms with Crippen LogP contribution in [0.25, 0.3) is 0 Å². The highest BCUT2D eigenvalue weighted by Crippen LogP contribution is 2.29. The van der Waals surface area contributed by atoms with E-state index in [1.807, 2.05) is 4.31 Å². The van der Waals surface area contributed by atoms with E-state index >= 15 is 0 Å². The maximum atomic E-state index is 13.0. The van der Waals surface area contributed by atoms with Crippen LogP contribution >= 0.6 is 0 Å². The Morgan fingerprint density at radius 1 is 1.29 bits per heavy atom. The summed E-state index contributed by atoms with van der Waals surface area (Å²) in [6.07, 6.45) is 1.94. The average Bonchev–Trinajstić information content (AvgIpc) is 2.74. The van der Waals surface area contributed by atoms with Gasteiger partial charge in [0.05, 0.1) is 16.1 Å². The number of piperidine rings is 1. The zero-order valence-electron chi connectivity index (χ0n) is 11.6. The number of nitrogens with one attached hydrogen (secondary N) is 1. The highest BCUT2D eigenvalue weighted by molar-refractivity contribution is 8.31. The molecule has 1 N–H and O–H groups in total. The van der Waals surface area contributed by atoms with Gasteiger partial charge >= 0.3 is 0 Å². The van der Waals surface area contributed by atoms with Gasteiger partial charge in [-0.2, -0.15) is 0 Å². The summed E-state index contributed by atoms with van der Waals surface area (Å²) in [5.74, 6) is -0.621. The summed E-state index contributed by atoms with van der Waals surface area (Å²) in [5.41, 5.74) is 0.728. The van der Waals surface area contributed by atoms with Crippen LogP contribution in [0, 0.1) is 5.92 Å². The van der Waals surface area contributed by atoms with E-state index in [4.69, 9.17) is 11.2 Å². The predicted molar refractivity (Wildman–Crippen MR) is 83.1 cm³/mol. The third kappa shape index (κ3) is 2.49. The Morgan fingerprint density at radius 2 is 1.95 bits per heavy atom. The second-order valence-electron chi connectivity index (χ2n) is 5.58. The summed E-state index contributed by atoms with van der Waals surface area (Å²) >= 11 is 5.34. The Morgan fingerprint density at radius 3 is 2.62 bits per heavy atom. The van der Waals surface area contributed by atoms with Crippen molar-refractivity contribution in [2.24, 2.45) is 5.92 Å². The smallest absolute Gasteiger partial charge is 0.296 e. The minimum Gasteiger partial charge on any atom is -0.318 e. The molecule has 1 unspecified atom stereocenters. The van der Waals surface area contributed by atoms with Crippen LogP contribution in [-0.2, 0) is 24.7 Å². The van der Waals surface area contributed by atoms with Gasteiger partial charge in [0.2, 0.25) is 0 Å². The molecule has 0 saturated carbocycles. The van der Waals surface area contributed by atoms with Gasteiger partial charge in [0.25, 0.3) is 11.7 Å². The van der Waals surface area contributed by atoms with E-state index in [9.17, 15) is 13.8 Å². The predicted octanol–water partition coefficient (Wildman–Crippen LogP) is 1.57. The molecule has 0 aromatic heterocycles. The minimum absolute atomic E-state index is 0.264. The number of ketones is 1. The summed E-state index contributed by atoms with van der Waals surface area (Å²) in [4.78, 5) is 23.5. The quantitative estimate of drug-likeness (QED) is 0.839. The van der Waals surface area contributed by atoms with E-state index in [1.54, 1.807) is 12.1 Å². The van der Waals surface area contributed by atoms with Crippen molar-refractivity contribution in [2.45, 2.75) is 24.7 Å². The van der Waals surface area contributed by atoms with Gasteiger partial charge in [0, 0.05) is 24.3 Å². The third-order valence-corrected chi connectivity index (χ3v) is 7.17. The van der Waals surface area contributed by atoms with Gasteiger partial charge in [-0.05, 0) is 37.0 Å². The summed E-state index contributed by atoms with van der Waals surface area (Å²) in [6, 6.07) is 4.75. The number of hydrogen-bond acceptors (Lipinski definition) is 4. The van der Waals surface area contributed by atoms with Crippen LogP contribution in [0.5, 0.6) is 0 Å². The number of anilines is 1. The van der Waals surface area contributed by atoms with E-state index < -0.39 is 20.4 Å². The van der Waals surface area contributed by atoms with Crippen molar-refractivity contribution in [1.82, 2.24) is 4.31 Å². The minimum atomic E-state index is -2.77. The summed E-state index contributed by atoms with van der Waals surface area (Å²) in [6.45, 7) is 3.57. The van der Waals surface area contributed by atoms with Crippen molar-refractivity contribution >= 4 is 37.2 Å². The molecule has 1 fully saturated rings. The summed E-state index contributed by atoms with van der Waals surface area (Å²) < 4.78 is 14.8. The molecular weight excluding hydrogens is 308 g/mol. The fourth-order valence-electron chi connectivity index (χ4n) is 2.66. The van der Waals surface area contributed by atoms with Gasteiger partial charge in [0.1, 0.15) is 8.68 Å². The molecule has 21 heavy (non-hydrogen) atoms. The largest absolute Gasteiger partial charge is 0.318 e. The lowest BCUT2D eigenvalue weighted by molar-refractivity contribution is -0.112. The van der Waals surface area contributed by atoms with Gasteiger partial charge in [-0.15, -0.1) is 0 Å². The number of rotatable bonds is 2. The molecule has 1 saturated heterocycles. The lowest BCUT2D eigenvalue weighted by Gasteiger charge is -2.31. The van der Waals surface area contributed by atoms with Gasteiger partial charge < -0.3 is 5.32 Å². The molecule has 5 nitrogen and oxygen atoms in total. The van der Waals surface area contributed by atoms with E-state index in [1.165, 1.54) is 6.07 Å². The molecule has 112 valence electrons. The van der Waals surface area contributed by atoms with E-state index in [0.717, 1.165) is 12.8 Å². The van der Waals surface area contributed by atoms with E-state index in [0.29, 0.717) is 29.6 Å². The number of Topliss-reactive ketones (excluding diaryl/α,β-unsaturated/α-hetero) is 1. The Balaban J connectivity index is 1.94. The number of fused-ring (bicyclic) bond motifs is 1. The molecule has 0 spiro atoms. The molecular formula is C14H16N2O3S2. The molecule has 3 rings (SSSR count). The first-order chi connectivity index (χ1) is 9.89. The zero-order valence-corrected chi connectivity index (χ0v) is 13.3. The SMILES string of the molecule is CC1CCN(S(=O)(=S)c2ccc3c(c2)C(=O)C(=O)N3)CC1. The average molecular weight is 324 g/mol. The third-order valence-electron chi connectivity index (χ3n) is 4.07. The van der Waals surface area contributed by atoms with Crippen molar-refractivity contribution in [1.29, 1.82) is 0 Å². The second kappa shape index (κ2) is 5.15. The van der Waals surface area contributed by atoms with Crippen LogP contribution in [0.2, 0.25) is 0 Å². The summed E-state index contributed by atoms with van der Waals surface area (Å²) in [7, 11) is -2.77. The first-order valence-corrected chi connectivity index (χ1v) is 9.33. The number of amides is 1. The summed E-state index contributed by atoms with van der Waals surface area (Å²) in [5, 5.41) is 2.48. The standard InChI is InChI=1S/C14H16N2O3S2/c1-9-4-6-16(7-5-9)21(19,20)10-2-3-12-11(8-10)13(17)14(18)15-12/h2-3,8-9H,4-7H2,1H3,(H,15,17,18). The number of hydrogen-bond donors (Lipinski definition) is 1. The molecule has 0 radical (unpaired) electrons. The first kappa shape index (κ1) is 14.6. The van der Waals surface area contributed by atoms with Crippen LogP contribution in [0.4, 0.5) is 5.69 Å². The number of benzene rings is 1. The van der Waals surface area contributed by atoms with Gasteiger partial charge in [0.15, 0.2) is 0 Å². The second-order valence-corrected chi connectivity index (χ2v) is 8.87. The Kier molecular flexibility index (Phi) is 3.59. The van der Waals surface area contributed by atoms with E-state index in [-0.39, 0.29) is 5.56 Å². The molecule has 2 aliphatic rings. The monoisotopic (exact) mass is 324 g/mol. The molecule has 0 bridgehead atoms. The van der Waals surface area contributed by atoms with Crippen LogP contribution in [0.3, 0.4) is 0 Å².